The van der Waals surface area contributed by atoms with Crippen molar-refractivity contribution in [1.29, 1.82) is 0 Å². The number of methoxy groups -OCH3 is 2. The maximum Gasteiger partial charge on any atom is 0.227 e. The monoisotopic (exact) mass is 492 g/mol. The van der Waals surface area contributed by atoms with Crippen molar-refractivity contribution in [3.63, 3.8) is 0 Å². The van der Waals surface area contributed by atoms with Gasteiger partial charge in [-0.25, -0.2) is 9.97 Å². The van der Waals surface area contributed by atoms with Crippen LogP contribution in [0.4, 0.5) is 11.6 Å². The maximum atomic E-state index is 6.30. The van der Waals surface area contributed by atoms with Crippen LogP contribution in [0.2, 0.25) is 0 Å². The van der Waals surface area contributed by atoms with Crippen molar-refractivity contribution in [3.05, 3.63) is 54.2 Å². The van der Waals surface area contributed by atoms with E-state index in [1.807, 2.05) is 24.3 Å². The molecule has 36 heavy (non-hydrogen) atoms. The summed E-state index contributed by atoms with van der Waals surface area (Å²) in [6.07, 6.45) is 2.83. The van der Waals surface area contributed by atoms with E-state index in [1.165, 1.54) is 5.56 Å². The Hall–Kier alpha value is -3.36. The Morgan fingerprint density at radius 2 is 1.89 bits per heavy atom. The number of nitrogens with zero attached hydrogens (tertiary/aromatic N) is 3. The van der Waals surface area contributed by atoms with Gasteiger partial charge in [-0.3, -0.25) is 4.90 Å². The highest BCUT2D eigenvalue weighted by Crippen LogP contribution is 2.44. The van der Waals surface area contributed by atoms with Gasteiger partial charge in [0.05, 0.1) is 33.1 Å². The Morgan fingerprint density at radius 1 is 1.06 bits per heavy atom. The fourth-order valence-electron chi connectivity index (χ4n) is 4.20. The molecule has 1 aliphatic heterocycles. The molecule has 0 spiro atoms. The molecule has 1 N–H and O–H groups in total. The first-order valence-corrected chi connectivity index (χ1v) is 12.5. The summed E-state index contributed by atoms with van der Waals surface area (Å²) in [5.41, 5.74) is 3.79. The lowest BCUT2D eigenvalue weighted by molar-refractivity contribution is 0.0321. The van der Waals surface area contributed by atoms with Crippen LogP contribution in [0.3, 0.4) is 0 Å². The van der Waals surface area contributed by atoms with E-state index in [4.69, 9.17) is 23.9 Å². The fourth-order valence-corrected chi connectivity index (χ4v) is 4.20. The Kier molecular flexibility index (Phi) is 8.97. The summed E-state index contributed by atoms with van der Waals surface area (Å²) in [5, 5.41) is 3.35. The van der Waals surface area contributed by atoms with Crippen molar-refractivity contribution in [2.45, 2.75) is 26.2 Å². The highest BCUT2D eigenvalue weighted by molar-refractivity contribution is 5.74. The first kappa shape index (κ1) is 25.7. The summed E-state index contributed by atoms with van der Waals surface area (Å²) >= 11 is 0. The topological polar surface area (TPSA) is 78.0 Å². The predicted octanol–water partition coefficient (Wildman–Crippen LogP) is 5.13. The van der Waals surface area contributed by atoms with E-state index < -0.39 is 0 Å². The van der Waals surface area contributed by atoms with E-state index in [2.05, 4.69) is 47.2 Å². The zero-order valence-electron chi connectivity index (χ0n) is 21.6. The molecule has 4 rings (SSSR count). The highest BCUT2D eigenvalue weighted by Gasteiger charge is 2.20. The summed E-state index contributed by atoms with van der Waals surface area (Å²) in [6.45, 7) is 9.06. The molecule has 2 heterocycles. The van der Waals surface area contributed by atoms with E-state index in [0.717, 1.165) is 56.2 Å². The molecule has 8 heteroatoms. The number of rotatable bonds is 11. The van der Waals surface area contributed by atoms with E-state index in [-0.39, 0.29) is 0 Å². The first-order valence-electron chi connectivity index (χ1n) is 12.5. The van der Waals surface area contributed by atoms with Gasteiger partial charge >= 0.3 is 0 Å². The first-order chi connectivity index (χ1) is 17.6. The smallest absolute Gasteiger partial charge is 0.227 e. The lowest BCUT2D eigenvalue weighted by Crippen LogP contribution is -2.38. The van der Waals surface area contributed by atoms with Gasteiger partial charge in [0.25, 0.3) is 0 Å². The fraction of sp³-hybridized carbons (Fsp3) is 0.429. The van der Waals surface area contributed by atoms with Gasteiger partial charge in [-0.05, 0) is 48.2 Å². The summed E-state index contributed by atoms with van der Waals surface area (Å²) in [5.74, 6) is 2.77. The molecule has 0 radical (unpaired) electrons. The number of hydrogen-bond donors (Lipinski definition) is 1. The molecule has 1 saturated heterocycles. The number of nitrogens with one attached hydrogen (secondary N) is 1. The zero-order valence-corrected chi connectivity index (χ0v) is 21.6. The quantitative estimate of drug-likeness (QED) is 0.395. The van der Waals surface area contributed by atoms with Crippen LogP contribution < -0.4 is 19.5 Å². The van der Waals surface area contributed by atoms with Crippen LogP contribution in [0, 0.1) is 0 Å². The SMILES string of the molecule is CCC(C)c1cccc(Nc2nccc(-c3ccc(OC)c(OC)c3OCCN3CCOCC3)n2)c1. The standard InChI is InChI=1S/C28H36N4O4/c1-5-20(2)21-7-6-8-22(19-21)30-28-29-12-11-24(31-28)23-9-10-25(33-3)27(34-4)26(23)36-18-15-32-13-16-35-17-14-32/h6-12,19-20H,5,13-18H2,1-4H3,(H,29,30,31). The third-order valence-electron chi connectivity index (χ3n) is 6.51. The summed E-state index contributed by atoms with van der Waals surface area (Å²) < 4.78 is 23.0. The average molecular weight is 493 g/mol. The number of hydrogen-bond acceptors (Lipinski definition) is 8. The zero-order chi connectivity index (χ0) is 25.3. The molecule has 1 aliphatic rings. The van der Waals surface area contributed by atoms with E-state index in [1.54, 1.807) is 20.4 Å². The van der Waals surface area contributed by atoms with Crippen LogP contribution >= 0.6 is 0 Å². The van der Waals surface area contributed by atoms with Crippen LogP contribution in [0.1, 0.15) is 31.7 Å². The van der Waals surface area contributed by atoms with Crippen LogP contribution in [-0.4, -0.2) is 68.5 Å². The van der Waals surface area contributed by atoms with Crippen molar-refractivity contribution < 1.29 is 18.9 Å². The highest BCUT2D eigenvalue weighted by atomic mass is 16.5. The summed E-state index contributed by atoms with van der Waals surface area (Å²) in [4.78, 5) is 11.6. The minimum atomic E-state index is 0.489. The number of anilines is 2. The molecule has 192 valence electrons. The Morgan fingerprint density at radius 3 is 2.64 bits per heavy atom. The van der Waals surface area contributed by atoms with Crippen LogP contribution in [0.15, 0.2) is 48.7 Å². The lowest BCUT2D eigenvalue weighted by atomic mass is 9.98. The van der Waals surface area contributed by atoms with Crippen molar-refractivity contribution in [2.75, 3.05) is 59.0 Å². The van der Waals surface area contributed by atoms with Crippen molar-refractivity contribution in [2.24, 2.45) is 0 Å². The molecule has 1 fully saturated rings. The summed E-state index contributed by atoms with van der Waals surface area (Å²) in [7, 11) is 3.24. The van der Waals surface area contributed by atoms with E-state index in [0.29, 0.717) is 35.7 Å². The normalized spacial score (nSPS) is 14.8. The largest absolute Gasteiger partial charge is 0.493 e. The maximum absolute atomic E-state index is 6.30. The van der Waals surface area contributed by atoms with E-state index in [9.17, 15) is 0 Å². The average Bonchev–Trinajstić information content (AvgIpc) is 2.93. The minimum absolute atomic E-state index is 0.489. The van der Waals surface area contributed by atoms with Crippen LogP contribution in [0.5, 0.6) is 17.2 Å². The second-order valence-corrected chi connectivity index (χ2v) is 8.81. The number of ether oxygens (including phenoxy) is 4. The molecule has 1 aromatic heterocycles. The van der Waals surface area contributed by atoms with Crippen molar-refractivity contribution >= 4 is 11.6 Å². The van der Waals surface area contributed by atoms with Crippen molar-refractivity contribution in [3.8, 4) is 28.5 Å². The molecule has 1 atom stereocenters. The van der Waals surface area contributed by atoms with Gasteiger partial charge in [0, 0.05) is 37.1 Å². The number of morpholine rings is 1. The molecule has 0 bridgehead atoms. The molecular formula is C28H36N4O4. The van der Waals surface area contributed by atoms with Crippen LogP contribution in [0.25, 0.3) is 11.3 Å². The van der Waals surface area contributed by atoms with Gasteiger partial charge in [-0.2, -0.15) is 0 Å². The number of aromatic nitrogens is 2. The van der Waals surface area contributed by atoms with Gasteiger partial charge in [0.15, 0.2) is 11.5 Å². The second kappa shape index (κ2) is 12.6. The Bertz CT molecular complexity index is 1130. The van der Waals surface area contributed by atoms with Crippen LogP contribution in [-0.2, 0) is 4.74 Å². The van der Waals surface area contributed by atoms with Gasteiger partial charge in [0.2, 0.25) is 11.7 Å². The third-order valence-corrected chi connectivity index (χ3v) is 6.51. The molecule has 0 saturated carbocycles. The molecule has 8 nitrogen and oxygen atoms in total. The van der Waals surface area contributed by atoms with Gasteiger partial charge in [-0.15, -0.1) is 0 Å². The molecule has 0 amide bonds. The van der Waals surface area contributed by atoms with Gasteiger partial charge in [-0.1, -0.05) is 26.0 Å². The summed E-state index contributed by atoms with van der Waals surface area (Å²) in [6, 6.07) is 14.1. The molecular weight excluding hydrogens is 456 g/mol. The van der Waals surface area contributed by atoms with Crippen molar-refractivity contribution in [1.82, 2.24) is 14.9 Å². The molecule has 1 unspecified atom stereocenters. The molecule has 0 aliphatic carbocycles. The molecule has 2 aromatic carbocycles. The number of benzene rings is 2. The lowest BCUT2D eigenvalue weighted by Gasteiger charge is -2.26. The van der Waals surface area contributed by atoms with Gasteiger partial charge < -0.3 is 24.3 Å². The second-order valence-electron chi connectivity index (χ2n) is 8.81. The minimum Gasteiger partial charge on any atom is -0.493 e. The predicted molar refractivity (Wildman–Crippen MR) is 142 cm³/mol. The van der Waals surface area contributed by atoms with E-state index >= 15 is 0 Å². The van der Waals surface area contributed by atoms with Gasteiger partial charge in [0.1, 0.15) is 6.61 Å². The Balaban J connectivity index is 1.59. The Labute approximate surface area is 213 Å². The third kappa shape index (κ3) is 6.25. The molecule has 3 aromatic rings.